The molecule has 0 spiro atoms. The van der Waals surface area contributed by atoms with Crippen LogP contribution >= 0.6 is 0 Å². The number of hydrogen-bond donors (Lipinski definition) is 0. The van der Waals surface area contributed by atoms with E-state index in [0.29, 0.717) is 0 Å². The number of fused-ring (bicyclic) bond motifs is 3. The number of hydrogen-bond acceptors (Lipinski definition) is 6. The van der Waals surface area contributed by atoms with Crippen molar-refractivity contribution in [1.29, 1.82) is 0 Å². The van der Waals surface area contributed by atoms with Gasteiger partial charge in [0.25, 0.3) is 0 Å². The van der Waals surface area contributed by atoms with E-state index in [1.54, 1.807) is 13.3 Å². The molecule has 0 aliphatic carbocycles. The highest BCUT2D eigenvalue weighted by molar-refractivity contribution is 5.94. The second-order valence-electron chi connectivity index (χ2n) is 7.58. The molecule has 0 amide bonds. The summed E-state index contributed by atoms with van der Waals surface area (Å²) in [4.78, 5) is 30.1. The number of carbonyl (C=O) groups is 1. The molecule has 28 heavy (non-hydrogen) atoms. The zero-order valence-corrected chi connectivity index (χ0v) is 16.1. The van der Waals surface area contributed by atoms with Gasteiger partial charge in [-0.3, -0.25) is 4.79 Å². The Hall–Kier alpha value is -2.96. The van der Waals surface area contributed by atoms with E-state index in [2.05, 4.69) is 24.3 Å². The summed E-state index contributed by atoms with van der Waals surface area (Å²) in [5, 5.41) is 0. The molecule has 1 fully saturated rings. The van der Waals surface area contributed by atoms with Crippen molar-refractivity contribution in [3.05, 3.63) is 42.0 Å². The predicted molar refractivity (Wildman–Crippen MR) is 109 cm³/mol. The maximum atomic E-state index is 11.5. The first-order chi connectivity index (χ1) is 13.7. The Balaban J connectivity index is 1.35. The van der Waals surface area contributed by atoms with Crippen LogP contribution in [0.5, 0.6) is 0 Å². The van der Waals surface area contributed by atoms with Crippen LogP contribution in [0.25, 0.3) is 11.2 Å². The quantitative estimate of drug-likeness (QED) is 0.655. The summed E-state index contributed by atoms with van der Waals surface area (Å²) in [6.45, 7) is 6.22. The highest BCUT2D eigenvalue weighted by Crippen LogP contribution is 2.28. The van der Waals surface area contributed by atoms with Crippen LogP contribution in [-0.4, -0.2) is 51.5 Å². The fourth-order valence-corrected chi connectivity index (χ4v) is 4.26. The van der Waals surface area contributed by atoms with Crippen LogP contribution in [0.4, 0.5) is 11.5 Å². The molecule has 0 saturated carbocycles. The Morgan fingerprint density at radius 1 is 0.929 bits per heavy atom. The topological polar surface area (TPSA) is 67.2 Å². The first kappa shape index (κ1) is 17.2. The fourth-order valence-electron chi connectivity index (χ4n) is 4.26. The minimum Gasteiger partial charge on any atom is -0.368 e. The highest BCUT2D eigenvalue weighted by Gasteiger charge is 2.24. The molecule has 0 radical (unpaired) electrons. The van der Waals surface area contributed by atoms with Crippen LogP contribution in [0, 0.1) is 0 Å². The molecule has 0 atom stereocenters. The second-order valence-corrected chi connectivity index (χ2v) is 7.58. The zero-order valence-electron chi connectivity index (χ0n) is 16.1. The van der Waals surface area contributed by atoms with Gasteiger partial charge >= 0.3 is 0 Å². The third-order valence-corrected chi connectivity index (χ3v) is 5.84. The van der Waals surface area contributed by atoms with E-state index in [1.807, 2.05) is 24.3 Å². The molecule has 4 heterocycles. The molecule has 0 unspecified atom stereocenters. The molecule has 7 heteroatoms. The van der Waals surface area contributed by atoms with Crippen molar-refractivity contribution in [3.8, 4) is 0 Å². The molecule has 1 saturated heterocycles. The molecule has 0 N–H and O–H groups in total. The number of aryl methyl sites for hydroxylation is 2. The van der Waals surface area contributed by atoms with Crippen molar-refractivity contribution < 1.29 is 4.79 Å². The molecule has 7 nitrogen and oxygen atoms in total. The van der Waals surface area contributed by atoms with Crippen LogP contribution in [0.2, 0.25) is 0 Å². The molecule has 2 aromatic heterocycles. The van der Waals surface area contributed by atoms with Crippen molar-refractivity contribution in [2.75, 3.05) is 36.0 Å². The smallest absolute Gasteiger partial charge is 0.165 e. The number of rotatable bonds is 3. The number of anilines is 2. The maximum absolute atomic E-state index is 11.5. The van der Waals surface area contributed by atoms with Gasteiger partial charge in [0, 0.05) is 50.4 Å². The minimum atomic E-state index is 0.104. The Kier molecular flexibility index (Phi) is 4.22. The van der Waals surface area contributed by atoms with Crippen molar-refractivity contribution in [2.45, 2.75) is 32.7 Å². The summed E-state index contributed by atoms with van der Waals surface area (Å²) in [6, 6.07) is 7.90. The van der Waals surface area contributed by atoms with Gasteiger partial charge in [-0.25, -0.2) is 15.0 Å². The lowest BCUT2D eigenvalue weighted by atomic mass is 10.1. The van der Waals surface area contributed by atoms with Gasteiger partial charge in [0.1, 0.15) is 12.2 Å². The van der Waals surface area contributed by atoms with Gasteiger partial charge in [0.05, 0.1) is 0 Å². The van der Waals surface area contributed by atoms with Crippen LogP contribution in [0.15, 0.2) is 30.6 Å². The van der Waals surface area contributed by atoms with Gasteiger partial charge < -0.3 is 14.4 Å². The molecular weight excluding hydrogens is 352 g/mol. The molecule has 0 bridgehead atoms. The Morgan fingerprint density at radius 2 is 1.68 bits per heavy atom. The Bertz CT molecular complexity index is 1020. The number of Topliss-reactive ketones (excluding diaryl/α,β-unsaturated/α-hetero) is 1. The summed E-state index contributed by atoms with van der Waals surface area (Å²) in [5.74, 6) is 2.21. The first-order valence-electron chi connectivity index (χ1n) is 10.0. The van der Waals surface area contributed by atoms with Crippen molar-refractivity contribution >= 4 is 28.5 Å². The highest BCUT2D eigenvalue weighted by atomic mass is 16.1. The average Bonchev–Trinajstić information content (AvgIpc) is 3.13. The average molecular weight is 376 g/mol. The van der Waals surface area contributed by atoms with Crippen molar-refractivity contribution in [3.63, 3.8) is 0 Å². The third kappa shape index (κ3) is 2.91. The Morgan fingerprint density at radius 3 is 2.43 bits per heavy atom. The summed E-state index contributed by atoms with van der Waals surface area (Å²) in [5.41, 5.74) is 3.84. The monoisotopic (exact) mass is 376 g/mol. The van der Waals surface area contributed by atoms with Gasteiger partial charge in [-0.2, -0.15) is 0 Å². The summed E-state index contributed by atoms with van der Waals surface area (Å²) >= 11 is 0. The number of carbonyl (C=O) groups excluding carboxylic acids is 1. The number of benzene rings is 1. The van der Waals surface area contributed by atoms with E-state index in [0.717, 1.165) is 73.2 Å². The summed E-state index contributed by atoms with van der Waals surface area (Å²) < 4.78 is 2.26. The normalized spacial score (nSPS) is 17.0. The van der Waals surface area contributed by atoms with Gasteiger partial charge in [-0.1, -0.05) is 0 Å². The van der Waals surface area contributed by atoms with Crippen LogP contribution in [0.3, 0.4) is 0 Å². The SMILES string of the molecule is CC(=O)c1ccc(N2CCN(c3ncnc4c3nc3n4CCCC3)CC2)cc1. The minimum absolute atomic E-state index is 0.104. The first-order valence-corrected chi connectivity index (χ1v) is 10.0. The van der Waals surface area contributed by atoms with E-state index < -0.39 is 0 Å². The van der Waals surface area contributed by atoms with Gasteiger partial charge in [0.2, 0.25) is 0 Å². The third-order valence-electron chi connectivity index (χ3n) is 5.84. The fraction of sp³-hybridized carbons (Fsp3) is 0.429. The van der Waals surface area contributed by atoms with Crippen molar-refractivity contribution in [1.82, 2.24) is 19.5 Å². The van der Waals surface area contributed by atoms with Crippen LogP contribution < -0.4 is 9.80 Å². The van der Waals surface area contributed by atoms with E-state index >= 15 is 0 Å². The van der Waals surface area contributed by atoms with Gasteiger partial charge in [-0.15, -0.1) is 0 Å². The lowest BCUT2D eigenvalue weighted by Gasteiger charge is -2.36. The molecule has 144 valence electrons. The second kappa shape index (κ2) is 6.89. The molecule has 2 aliphatic rings. The van der Waals surface area contributed by atoms with Gasteiger partial charge in [-0.05, 0) is 44.0 Å². The van der Waals surface area contributed by atoms with Crippen LogP contribution in [0.1, 0.15) is 35.9 Å². The molecule has 5 rings (SSSR count). The van der Waals surface area contributed by atoms with E-state index in [-0.39, 0.29) is 5.78 Å². The van der Waals surface area contributed by atoms with E-state index in [4.69, 9.17) is 4.98 Å². The zero-order chi connectivity index (χ0) is 19.1. The van der Waals surface area contributed by atoms with Crippen LogP contribution in [-0.2, 0) is 13.0 Å². The number of piperazine rings is 1. The van der Waals surface area contributed by atoms with E-state index in [1.165, 1.54) is 12.8 Å². The lowest BCUT2D eigenvalue weighted by Crippen LogP contribution is -2.47. The molecule has 3 aromatic rings. The lowest BCUT2D eigenvalue weighted by molar-refractivity contribution is 0.101. The number of nitrogens with zero attached hydrogens (tertiary/aromatic N) is 6. The number of imidazole rings is 1. The molecule has 1 aromatic carbocycles. The maximum Gasteiger partial charge on any atom is 0.165 e. The molecule has 2 aliphatic heterocycles. The number of aromatic nitrogens is 4. The van der Waals surface area contributed by atoms with Gasteiger partial charge in [0.15, 0.2) is 22.8 Å². The molecular formula is C21H24N6O. The standard InChI is InChI=1S/C21H24N6O/c1-15(28)16-5-7-17(8-6-16)25-10-12-26(13-11-25)20-19-21(23-14-22-20)27-9-3-2-4-18(27)24-19/h5-8,14H,2-4,9-13H2,1H3. The summed E-state index contributed by atoms with van der Waals surface area (Å²) in [7, 11) is 0. The largest absolute Gasteiger partial charge is 0.368 e. The predicted octanol–water partition coefficient (Wildman–Crippen LogP) is 2.69. The Labute approximate surface area is 164 Å². The summed E-state index contributed by atoms with van der Waals surface area (Å²) in [6.07, 6.45) is 5.10. The number of ketones is 1. The van der Waals surface area contributed by atoms with E-state index in [9.17, 15) is 4.79 Å². The van der Waals surface area contributed by atoms with Crippen molar-refractivity contribution in [2.24, 2.45) is 0 Å².